The van der Waals surface area contributed by atoms with Crippen LogP contribution in [0.1, 0.15) is 19.8 Å². The summed E-state index contributed by atoms with van der Waals surface area (Å²) in [6.07, 6.45) is -5.50. The lowest BCUT2D eigenvalue weighted by atomic mass is 9.99. The average molecular weight is 266 g/mol. The van der Waals surface area contributed by atoms with Gasteiger partial charge in [-0.3, -0.25) is 0 Å². The molecule has 7 heteroatoms. The van der Waals surface area contributed by atoms with E-state index in [1.807, 2.05) is 0 Å². The van der Waals surface area contributed by atoms with Gasteiger partial charge >= 0.3 is 0 Å². The Bertz CT molecular complexity index is 233. The number of aliphatic hydroxyl groups is 5. The van der Waals surface area contributed by atoms with Crippen molar-refractivity contribution in [1.29, 1.82) is 0 Å². The summed E-state index contributed by atoms with van der Waals surface area (Å²) in [4.78, 5) is 0. The predicted octanol–water partition coefficient (Wildman–Crippen LogP) is -2.04. The van der Waals surface area contributed by atoms with Crippen LogP contribution >= 0.6 is 0 Å². The molecule has 108 valence electrons. The highest BCUT2D eigenvalue weighted by molar-refractivity contribution is 4.88. The molecule has 0 aromatic rings. The molecule has 1 aliphatic rings. The first-order valence-electron chi connectivity index (χ1n) is 6.07. The predicted molar refractivity (Wildman–Crippen MR) is 60.6 cm³/mol. The summed E-state index contributed by atoms with van der Waals surface area (Å²) in [5.41, 5.74) is 0. The Labute approximate surface area is 106 Å². The number of hydrogen-bond acceptors (Lipinski definition) is 7. The molecule has 0 radical (unpaired) electrons. The maximum absolute atomic E-state index is 9.64. The molecular formula is C11H22O7. The molecule has 1 rings (SSSR count). The fourth-order valence-electron chi connectivity index (χ4n) is 1.78. The summed E-state index contributed by atoms with van der Waals surface area (Å²) in [6, 6.07) is 0. The molecule has 5 N–H and O–H groups in total. The lowest BCUT2D eigenvalue weighted by Gasteiger charge is -2.39. The SMILES string of the molecule is CC(O)CCCOC1OC(CO)C(O)C(O)C1O. The van der Waals surface area contributed by atoms with Crippen LogP contribution in [0, 0.1) is 0 Å². The van der Waals surface area contributed by atoms with Crippen LogP contribution in [0.5, 0.6) is 0 Å². The van der Waals surface area contributed by atoms with Gasteiger partial charge in [-0.1, -0.05) is 0 Å². The second-order valence-corrected chi connectivity index (χ2v) is 4.56. The molecule has 18 heavy (non-hydrogen) atoms. The van der Waals surface area contributed by atoms with E-state index in [2.05, 4.69) is 0 Å². The minimum Gasteiger partial charge on any atom is -0.394 e. The van der Waals surface area contributed by atoms with Crippen LogP contribution in [0.4, 0.5) is 0 Å². The largest absolute Gasteiger partial charge is 0.394 e. The summed E-state index contributed by atoms with van der Waals surface area (Å²) in [5, 5.41) is 46.7. The van der Waals surface area contributed by atoms with Gasteiger partial charge in [-0.25, -0.2) is 0 Å². The first-order valence-corrected chi connectivity index (χ1v) is 6.07. The van der Waals surface area contributed by atoms with E-state index in [-0.39, 0.29) is 6.61 Å². The Kier molecular flexibility index (Phi) is 6.44. The lowest BCUT2D eigenvalue weighted by molar-refractivity contribution is -0.301. The highest BCUT2D eigenvalue weighted by atomic mass is 16.7. The Balaban J connectivity index is 2.39. The number of aliphatic hydroxyl groups excluding tert-OH is 5. The lowest BCUT2D eigenvalue weighted by Crippen LogP contribution is -2.59. The Morgan fingerprint density at radius 3 is 2.39 bits per heavy atom. The van der Waals surface area contributed by atoms with E-state index in [0.717, 1.165) is 0 Å². The van der Waals surface area contributed by atoms with Crippen LogP contribution in [-0.2, 0) is 9.47 Å². The molecule has 6 unspecified atom stereocenters. The zero-order chi connectivity index (χ0) is 13.7. The zero-order valence-electron chi connectivity index (χ0n) is 10.3. The molecule has 1 fully saturated rings. The van der Waals surface area contributed by atoms with Crippen LogP contribution in [0.25, 0.3) is 0 Å². The topological polar surface area (TPSA) is 120 Å². The molecule has 0 aromatic heterocycles. The third-order valence-electron chi connectivity index (χ3n) is 2.90. The monoisotopic (exact) mass is 266 g/mol. The van der Waals surface area contributed by atoms with Gasteiger partial charge < -0.3 is 35.0 Å². The van der Waals surface area contributed by atoms with E-state index in [1.165, 1.54) is 0 Å². The summed E-state index contributed by atoms with van der Waals surface area (Å²) in [7, 11) is 0. The molecule has 0 aliphatic carbocycles. The molecule has 0 bridgehead atoms. The van der Waals surface area contributed by atoms with E-state index >= 15 is 0 Å². The fraction of sp³-hybridized carbons (Fsp3) is 1.00. The molecule has 7 nitrogen and oxygen atoms in total. The van der Waals surface area contributed by atoms with E-state index in [1.54, 1.807) is 6.92 Å². The van der Waals surface area contributed by atoms with Crippen molar-refractivity contribution < 1.29 is 35.0 Å². The Morgan fingerprint density at radius 2 is 1.83 bits per heavy atom. The number of rotatable bonds is 6. The van der Waals surface area contributed by atoms with Crippen molar-refractivity contribution in [1.82, 2.24) is 0 Å². The highest BCUT2D eigenvalue weighted by Crippen LogP contribution is 2.22. The molecule has 1 aliphatic heterocycles. The summed E-state index contributed by atoms with van der Waals surface area (Å²) in [6.45, 7) is 1.43. The van der Waals surface area contributed by atoms with Gasteiger partial charge in [0.25, 0.3) is 0 Å². The maximum Gasteiger partial charge on any atom is 0.186 e. The zero-order valence-corrected chi connectivity index (χ0v) is 10.3. The molecular weight excluding hydrogens is 244 g/mol. The van der Waals surface area contributed by atoms with E-state index in [9.17, 15) is 15.3 Å². The van der Waals surface area contributed by atoms with Gasteiger partial charge in [0, 0.05) is 6.61 Å². The molecule has 1 heterocycles. The van der Waals surface area contributed by atoms with Gasteiger partial charge in [0.05, 0.1) is 12.7 Å². The summed E-state index contributed by atoms with van der Waals surface area (Å²) < 4.78 is 10.4. The Morgan fingerprint density at radius 1 is 1.17 bits per heavy atom. The third kappa shape index (κ3) is 4.13. The van der Waals surface area contributed by atoms with Gasteiger partial charge in [0.15, 0.2) is 6.29 Å². The second-order valence-electron chi connectivity index (χ2n) is 4.56. The van der Waals surface area contributed by atoms with E-state index < -0.39 is 43.4 Å². The first kappa shape index (κ1) is 15.8. The van der Waals surface area contributed by atoms with Crippen molar-refractivity contribution in [3.05, 3.63) is 0 Å². The van der Waals surface area contributed by atoms with Crippen molar-refractivity contribution in [2.75, 3.05) is 13.2 Å². The molecule has 1 saturated heterocycles. The van der Waals surface area contributed by atoms with Crippen molar-refractivity contribution in [2.24, 2.45) is 0 Å². The van der Waals surface area contributed by atoms with Crippen molar-refractivity contribution in [2.45, 2.75) is 56.6 Å². The number of ether oxygens (including phenoxy) is 2. The van der Waals surface area contributed by atoms with Crippen molar-refractivity contribution in [3.8, 4) is 0 Å². The molecule has 0 aromatic carbocycles. The molecule has 6 atom stereocenters. The van der Waals surface area contributed by atoms with Crippen LogP contribution in [0.3, 0.4) is 0 Å². The second kappa shape index (κ2) is 7.34. The van der Waals surface area contributed by atoms with Gasteiger partial charge in [-0.2, -0.15) is 0 Å². The quantitative estimate of drug-likeness (QED) is 0.351. The van der Waals surface area contributed by atoms with Crippen molar-refractivity contribution >= 4 is 0 Å². The minimum absolute atomic E-state index is 0.244. The van der Waals surface area contributed by atoms with Crippen LogP contribution in [0.15, 0.2) is 0 Å². The van der Waals surface area contributed by atoms with E-state index in [4.69, 9.17) is 19.7 Å². The van der Waals surface area contributed by atoms with E-state index in [0.29, 0.717) is 12.8 Å². The standard InChI is InChI=1S/C11H22O7/c1-6(13)3-2-4-17-11-10(16)9(15)8(14)7(5-12)18-11/h6-16H,2-5H2,1H3. The highest BCUT2D eigenvalue weighted by Gasteiger charge is 2.43. The first-order chi connectivity index (χ1) is 8.47. The third-order valence-corrected chi connectivity index (χ3v) is 2.90. The number of hydrogen-bond donors (Lipinski definition) is 5. The van der Waals surface area contributed by atoms with Crippen LogP contribution in [0.2, 0.25) is 0 Å². The van der Waals surface area contributed by atoms with Crippen molar-refractivity contribution in [3.63, 3.8) is 0 Å². The smallest absolute Gasteiger partial charge is 0.186 e. The van der Waals surface area contributed by atoms with Gasteiger partial charge in [-0.15, -0.1) is 0 Å². The molecule has 0 saturated carbocycles. The fourth-order valence-corrected chi connectivity index (χ4v) is 1.78. The van der Waals surface area contributed by atoms with Gasteiger partial charge in [-0.05, 0) is 19.8 Å². The molecule has 0 amide bonds. The van der Waals surface area contributed by atoms with Crippen LogP contribution < -0.4 is 0 Å². The van der Waals surface area contributed by atoms with Crippen LogP contribution in [-0.4, -0.2) is 75.6 Å². The molecule has 0 spiro atoms. The normalized spacial score (nSPS) is 38.7. The van der Waals surface area contributed by atoms with Gasteiger partial charge in [0.1, 0.15) is 24.4 Å². The summed E-state index contributed by atoms with van der Waals surface area (Å²) >= 11 is 0. The maximum atomic E-state index is 9.64. The summed E-state index contributed by atoms with van der Waals surface area (Å²) in [5.74, 6) is 0. The Hall–Kier alpha value is -0.280. The minimum atomic E-state index is -1.42. The van der Waals surface area contributed by atoms with Gasteiger partial charge in [0.2, 0.25) is 0 Å². The average Bonchev–Trinajstić information content (AvgIpc) is 2.34.